The van der Waals surface area contributed by atoms with Gasteiger partial charge in [-0.05, 0) is 6.07 Å². The molecule has 0 fully saturated rings. The molecule has 1 rings (SSSR count). The first kappa shape index (κ1) is 9.19. The summed E-state index contributed by atoms with van der Waals surface area (Å²) in [6.45, 7) is -0.581. The zero-order chi connectivity index (χ0) is 8.97. The summed E-state index contributed by atoms with van der Waals surface area (Å²) in [5.41, 5.74) is 1.07. The van der Waals surface area contributed by atoms with Gasteiger partial charge in [0.25, 0.3) is 0 Å². The summed E-state index contributed by atoms with van der Waals surface area (Å²) < 4.78 is 13.1. The van der Waals surface area contributed by atoms with E-state index < -0.39 is 6.67 Å². The fourth-order valence-corrected chi connectivity index (χ4v) is 1.39. The Hall–Kier alpha value is -0.900. The van der Waals surface area contributed by atoms with Crippen LogP contribution in [0.1, 0.15) is 11.1 Å². The van der Waals surface area contributed by atoms with E-state index in [1.165, 1.54) is 6.21 Å². The van der Waals surface area contributed by atoms with Gasteiger partial charge in [0.2, 0.25) is 0 Å². The van der Waals surface area contributed by atoms with Gasteiger partial charge in [-0.3, -0.25) is 0 Å². The van der Waals surface area contributed by atoms with Crippen molar-refractivity contribution in [3.8, 4) is 0 Å². The van der Waals surface area contributed by atoms with Crippen molar-refractivity contribution in [2.75, 3.05) is 0 Å². The number of rotatable bonds is 2. The molecule has 0 unspecified atom stereocenters. The minimum absolute atomic E-state index is 0.496. The number of nitrogens with zero attached hydrogens (tertiary/aromatic N) is 1. The van der Waals surface area contributed by atoms with Gasteiger partial charge in [-0.1, -0.05) is 33.2 Å². The standard InChI is InChI=1S/C8H7BrFNO/c9-8-3-1-2-6(5-11-12)7(8)4-10/h1-3,5,12H,4H2/b11-5+. The molecule has 1 aromatic rings. The van der Waals surface area contributed by atoms with Crippen LogP contribution in [0, 0.1) is 0 Å². The topological polar surface area (TPSA) is 32.6 Å². The van der Waals surface area contributed by atoms with Gasteiger partial charge in [0.05, 0.1) is 6.21 Å². The number of oxime groups is 1. The third-order valence-corrected chi connectivity index (χ3v) is 2.23. The van der Waals surface area contributed by atoms with Gasteiger partial charge in [-0.15, -0.1) is 0 Å². The molecule has 0 atom stereocenters. The number of hydrogen-bond donors (Lipinski definition) is 1. The molecule has 0 spiro atoms. The van der Waals surface area contributed by atoms with E-state index in [4.69, 9.17) is 5.21 Å². The number of halogens is 2. The van der Waals surface area contributed by atoms with Crippen LogP contribution in [-0.4, -0.2) is 11.4 Å². The molecule has 0 aliphatic heterocycles. The summed E-state index contributed by atoms with van der Waals surface area (Å²) in [4.78, 5) is 0. The van der Waals surface area contributed by atoms with Crippen molar-refractivity contribution in [2.24, 2.45) is 5.16 Å². The third kappa shape index (κ3) is 1.82. The molecule has 64 valence electrons. The van der Waals surface area contributed by atoms with E-state index >= 15 is 0 Å². The molecule has 0 bridgehead atoms. The number of hydrogen-bond acceptors (Lipinski definition) is 2. The first-order valence-electron chi connectivity index (χ1n) is 3.30. The van der Waals surface area contributed by atoms with E-state index in [2.05, 4.69) is 21.1 Å². The highest BCUT2D eigenvalue weighted by molar-refractivity contribution is 9.10. The van der Waals surface area contributed by atoms with Gasteiger partial charge in [0, 0.05) is 15.6 Å². The Kier molecular flexibility index (Phi) is 3.22. The van der Waals surface area contributed by atoms with Crippen LogP contribution in [0.4, 0.5) is 4.39 Å². The summed E-state index contributed by atoms with van der Waals surface area (Å²) in [6.07, 6.45) is 1.21. The van der Waals surface area contributed by atoms with E-state index in [0.717, 1.165) is 0 Å². The summed E-state index contributed by atoms with van der Waals surface area (Å²) >= 11 is 3.19. The minimum atomic E-state index is -0.581. The van der Waals surface area contributed by atoms with Crippen LogP contribution in [0.3, 0.4) is 0 Å². The molecule has 4 heteroatoms. The summed E-state index contributed by atoms with van der Waals surface area (Å²) in [6, 6.07) is 5.17. The molecule has 0 heterocycles. The normalized spacial score (nSPS) is 10.8. The Bertz CT molecular complexity index is 301. The van der Waals surface area contributed by atoms with Crippen molar-refractivity contribution in [1.29, 1.82) is 0 Å². The Labute approximate surface area is 77.8 Å². The van der Waals surface area contributed by atoms with Crippen molar-refractivity contribution >= 4 is 22.1 Å². The quantitative estimate of drug-likeness (QED) is 0.474. The molecular weight excluding hydrogens is 225 g/mol. The van der Waals surface area contributed by atoms with Crippen LogP contribution in [0.5, 0.6) is 0 Å². The van der Waals surface area contributed by atoms with Gasteiger partial charge >= 0.3 is 0 Å². The van der Waals surface area contributed by atoms with Crippen molar-refractivity contribution < 1.29 is 9.60 Å². The lowest BCUT2D eigenvalue weighted by atomic mass is 10.1. The molecule has 1 aromatic carbocycles. The summed E-state index contributed by atoms with van der Waals surface area (Å²) in [7, 11) is 0. The Morgan fingerprint density at radius 2 is 2.33 bits per heavy atom. The first-order valence-corrected chi connectivity index (χ1v) is 4.09. The van der Waals surface area contributed by atoms with Crippen LogP contribution in [-0.2, 0) is 6.67 Å². The second kappa shape index (κ2) is 4.21. The predicted molar refractivity (Wildman–Crippen MR) is 48.3 cm³/mol. The van der Waals surface area contributed by atoms with Crippen LogP contribution >= 0.6 is 15.9 Å². The summed E-state index contributed by atoms with van der Waals surface area (Å²) in [5, 5.41) is 11.1. The molecule has 0 aliphatic carbocycles. The van der Waals surface area contributed by atoms with Crippen LogP contribution in [0.2, 0.25) is 0 Å². The Morgan fingerprint density at radius 3 is 2.92 bits per heavy atom. The molecule has 0 saturated carbocycles. The maximum absolute atomic E-state index is 12.4. The van der Waals surface area contributed by atoms with E-state index in [1.54, 1.807) is 18.2 Å². The first-order chi connectivity index (χ1) is 5.79. The molecule has 12 heavy (non-hydrogen) atoms. The Balaban J connectivity index is 3.18. The zero-order valence-corrected chi connectivity index (χ0v) is 7.75. The predicted octanol–water partition coefficient (Wildman–Crippen LogP) is 2.73. The lowest BCUT2D eigenvalue weighted by Crippen LogP contribution is -1.91. The zero-order valence-electron chi connectivity index (χ0n) is 6.17. The molecule has 0 aromatic heterocycles. The van der Waals surface area contributed by atoms with Crippen molar-refractivity contribution in [3.63, 3.8) is 0 Å². The van der Waals surface area contributed by atoms with Crippen molar-refractivity contribution in [1.82, 2.24) is 0 Å². The molecule has 0 radical (unpaired) electrons. The SMILES string of the molecule is O/N=C/c1cccc(Br)c1CF. The van der Waals surface area contributed by atoms with Crippen molar-refractivity contribution in [2.45, 2.75) is 6.67 Å². The molecule has 2 nitrogen and oxygen atoms in total. The molecule has 0 saturated heterocycles. The van der Waals surface area contributed by atoms with Gasteiger partial charge in [-0.2, -0.15) is 0 Å². The van der Waals surface area contributed by atoms with Gasteiger partial charge < -0.3 is 5.21 Å². The highest BCUT2D eigenvalue weighted by Gasteiger charge is 2.03. The molecule has 1 N–H and O–H groups in total. The highest BCUT2D eigenvalue weighted by atomic mass is 79.9. The van der Waals surface area contributed by atoms with E-state index in [-0.39, 0.29) is 0 Å². The van der Waals surface area contributed by atoms with Gasteiger partial charge in [0.15, 0.2) is 0 Å². The minimum Gasteiger partial charge on any atom is -0.411 e. The van der Waals surface area contributed by atoms with E-state index in [1.807, 2.05) is 0 Å². The smallest absolute Gasteiger partial charge is 0.116 e. The van der Waals surface area contributed by atoms with Gasteiger partial charge in [0.1, 0.15) is 6.67 Å². The van der Waals surface area contributed by atoms with E-state index in [9.17, 15) is 4.39 Å². The average molecular weight is 232 g/mol. The second-order valence-corrected chi connectivity index (χ2v) is 3.04. The number of benzene rings is 1. The maximum atomic E-state index is 12.4. The fourth-order valence-electron chi connectivity index (χ4n) is 0.899. The summed E-state index contributed by atoms with van der Waals surface area (Å²) in [5.74, 6) is 0. The van der Waals surface area contributed by atoms with Crippen LogP contribution in [0.15, 0.2) is 27.8 Å². The lowest BCUT2D eigenvalue weighted by molar-refractivity contribution is 0.321. The third-order valence-electron chi connectivity index (χ3n) is 1.49. The average Bonchev–Trinajstić information content (AvgIpc) is 2.05. The number of alkyl halides is 1. The van der Waals surface area contributed by atoms with Crippen LogP contribution < -0.4 is 0 Å². The van der Waals surface area contributed by atoms with Crippen molar-refractivity contribution in [3.05, 3.63) is 33.8 Å². The van der Waals surface area contributed by atoms with E-state index in [0.29, 0.717) is 15.6 Å². The molecule has 0 aliphatic rings. The largest absolute Gasteiger partial charge is 0.411 e. The lowest BCUT2D eigenvalue weighted by Gasteiger charge is -2.02. The Morgan fingerprint density at radius 1 is 1.58 bits per heavy atom. The monoisotopic (exact) mass is 231 g/mol. The van der Waals surface area contributed by atoms with Crippen LogP contribution in [0.25, 0.3) is 0 Å². The molecule has 0 amide bonds. The fraction of sp³-hybridized carbons (Fsp3) is 0.125. The molecular formula is C8H7BrFNO. The maximum Gasteiger partial charge on any atom is 0.116 e. The van der Waals surface area contributed by atoms with Gasteiger partial charge in [-0.25, -0.2) is 4.39 Å². The highest BCUT2D eigenvalue weighted by Crippen LogP contribution is 2.20. The second-order valence-electron chi connectivity index (χ2n) is 2.19.